The predicted octanol–water partition coefficient (Wildman–Crippen LogP) is 3.58. The molecule has 1 aliphatic carbocycles. The maximum atomic E-state index is 13.1. The van der Waals surface area contributed by atoms with Gasteiger partial charge in [-0.15, -0.1) is 0 Å². The van der Waals surface area contributed by atoms with Crippen LogP contribution >= 0.6 is 0 Å². The normalized spacial score (nSPS) is 18.2. The molecule has 0 aliphatic heterocycles. The first kappa shape index (κ1) is 19.4. The van der Waals surface area contributed by atoms with Crippen LogP contribution in [0.3, 0.4) is 0 Å². The molecule has 0 unspecified atom stereocenters. The number of benzene rings is 1. The smallest absolute Gasteiger partial charge is 0.267 e. The molecule has 8 nitrogen and oxygen atoms in total. The zero-order chi connectivity index (χ0) is 21.7. The Kier molecular flexibility index (Phi) is 4.59. The van der Waals surface area contributed by atoms with E-state index in [9.17, 15) is 9.90 Å². The van der Waals surface area contributed by atoms with Crippen LogP contribution in [0, 0.1) is 13.8 Å². The summed E-state index contributed by atoms with van der Waals surface area (Å²) in [4.78, 5) is 21.9. The highest BCUT2D eigenvalue weighted by atomic mass is 16.5. The van der Waals surface area contributed by atoms with E-state index in [0.29, 0.717) is 30.2 Å². The molecule has 0 atom stereocenters. The molecule has 0 amide bonds. The van der Waals surface area contributed by atoms with Crippen LogP contribution in [0.1, 0.15) is 35.9 Å². The molecule has 0 saturated heterocycles. The number of nitrogens with zero attached hydrogens (tertiary/aromatic N) is 4. The minimum absolute atomic E-state index is 0.0660. The molecule has 0 bridgehead atoms. The summed E-state index contributed by atoms with van der Waals surface area (Å²) in [6.45, 7) is 3.89. The van der Waals surface area contributed by atoms with Crippen molar-refractivity contribution in [3.05, 3.63) is 64.0 Å². The number of hydrogen-bond donors (Lipinski definition) is 2. The molecule has 1 aliphatic rings. The van der Waals surface area contributed by atoms with Crippen LogP contribution in [-0.2, 0) is 7.05 Å². The Hall–Kier alpha value is -3.52. The SMILES string of the molecule is Cc1cc2c(cn1)cc(-c1cc(Nc3noc(C4CC(O)C4)n3)ccc1C)c(=O)n2C. The molecule has 3 heterocycles. The number of hydrogen-bond acceptors (Lipinski definition) is 7. The second kappa shape index (κ2) is 7.31. The molecule has 31 heavy (non-hydrogen) atoms. The van der Waals surface area contributed by atoms with E-state index >= 15 is 0 Å². The van der Waals surface area contributed by atoms with Gasteiger partial charge in [0.15, 0.2) is 0 Å². The van der Waals surface area contributed by atoms with Gasteiger partial charge in [-0.3, -0.25) is 9.78 Å². The van der Waals surface area contributed by atoms with E-state index in [4.69, 9.17) is 4.52 Å². The number of fused-ring (bicyclic) bond motifs is 1. The molecular formula is C23H23N5O3. The largest absolute Gasteiger partial charge is 0.393 e. The lowest BCUT2D eigenvalue weighted by molar-refractivity contribution is 0.0625. The van der Waals surface area contributed by atoms with E-state index in [0.717, 1.165) is 33.4 Å². The zero-order valence-electron chi connectivity index (χ0n) is 17.6. The van der Waals surface area contributed by atoms with Crippen LogP contribution in [0.4, 0.5) is 11.6 Å². The molecule has 3 aromatic heterocycles. The summed E-state index contributed by atoms with van der Waals surface area (Å²) in [5.74, 6) is 1.01. The van der Waals surface area contributed by atoms with Gasteiger partial charge in [0.2, 0.25) is 5.89 Å². The van der Waals surface area contributed by atoms with Crippen molar-refractivity contribution in [2.45, 2.75) is 38.7 Å². The van der Waals surface area contributed by atoms with E-state index in [1.807, 2.05) is 44.2 Å². The van der Waals surface area contributed by atoms with E-state index in [1.54, 1.807) is 17.8 Å². The fourth-order valence-electron chi connectivity index (χ4n) is 4.02. The van der Waals surface area contributed by atoms with Crippen molar-refractivity contribution >= 4 is 22.5 Å². The Bertz CT molecular complexity index is 1350. The number of aliphatic hydroxyl groups excluding tert-OH is 1. The molecule has 4 aromatic rings. The van der Waals surface area contributed by atoms with Crippen molar-refractivity contribution in [3.63, 3.8) is 0 Å². The fraction of sp³-hybridized carbons (Fsp3) is 0.304. The Morgan fingerprint density at radius 2 is 1.97 bits per heavy atom. The quantitative estimate of drug-likeness (QED) is 0.523. The maximum absolute atomic E-state index is 13.1. The van der Waals surface area contributed by atoms with E-state index in [-0.39, 0.29) is 17.6 Å². The van der Waals surface area contributed by atoms with Gasteiger partial charge in [-0.25, -0.2) is 0 Å². The van der Waals surface area contributed by atoms with Gasteiger partial charge in [-0.1, -0.05) is 6.07 Å². The summed E-state index contributed by atoms with van der Waals surface area (Å²) in [7, 11) is 1.78. The second-order valence-corrected chi connectivity index (χ2v) is 8.24. The lowest BCUT2D eigenvalue weighted by Gasteiger charge is -2.27. The monoisotopic (exact) mass is 417 g/mol. The highest BCUT2D eigenvalue weighted by molar-refractivity contribution is 5.85. The number of anilines is 2. The van der Waals surface area contributed by atoms with Crippen LogP contribution in [0.15, 0.2) is 45.8 Å². The lowest BCUT2D eigenvalue weighted by atomic mass is 9.82. The molecule has 1 saturated carbocycles. The summed E-state index contributed by atoms with van der Waals surface area (Å²) in [6, 6.07) is 9.60. The summed E-state index contributed by atoms with van der Waals surface area (Å²) in [5, 5.41) is 17.5. The highest BCUT2D eigenvalue weighted by Crippen LogP contribution is 2.36. The van der Waals surface area contributed by atoms with Gasteiger partial charge in [0, 0.05) is 41.5 Å². The van der Waals surface area contributed by atoms with Crippen molar-refractivity contribution in [2.75, 3.05) is 5.32 Å². The van der Waals surface area contributed by atoms with Gasteiger partial charge >= 0.3 is 0 Å². The minimum Gasteiger partial charge on any atom is -0.393 e. The molecule has 2 N–H and O–H groups in total. The minimum atomic E-state index is -0.281. The first-order valence-electron chi connectivity index (χ1n) is 10.2. The van der Waals surface area contributed by atoms with Gasteiger partial charge in [-0.2, -0.15) is 4.98 Å². The van der Waals surface area contributed by atoms with Crippen LogP contribution in [0.5, 0.6) is 0 Å². The molecule has 8 heteroatoms. The van der Waals surface area contributed by atoms with Gasteiger partial charge in [-0.05, 0) is 67.2 Å². The molecular weight excluding hydrogens is 394 g/mol. The fourth-order valence-corrected chi connectivity index (χ4v) is 4.02. The van der Waals surface area contributed by atoms with Gasteiger partial charge in [0.1, 0.15) is 0 Å². The topological polar surface area (TPSA) is 106 Å². The Balaban J connectivity index is 1.50. The Labute approximate surface area is 178 Å². The molecule has 1 fully saturated rings. The first-order valence-corrected chi connectivity index (χ1v) is 10.2. The summed E-state index contributed by atoms with van der Waals surface area (Å²) < 4.78 is 6.99. The summed E-state index contributed by atoms with van der Waals surface area (Å²) in [6.07, 6.45) is 2.81. The number of aromatic nitrogens is 4. The average Bonchev–Trinajstić information content (AvgIpc) is 3.18. The van der Waals surface area contributed by atoms with E-state index in [2.05, 4.69) is 20.4 Å². The molecule has 1 aromatic carbocycles. The van der Waals surface area contributed by atoms with Crippen LogP contribution in [-0.4, -0.2) is 30.9 Å². The highest BCUT2D eigenvalue weighted by Gasteiger charge is 2.33. The van der Waals surface area contributed by atoms with Gasteiger partial charge < -0.3 is 19.5 Å². The predicted molar refractivity (Wildman–Crippen MR) is 117 cm³/mol. The van der Waals surface area contributed by atoms with Crippen molar-refractivity contribution in [1.82, 2.24) is 19.7 Å². The van der Waals surface area contributed by atoms with E-state index < -0.39 is 0 Å². The van der Waals surface area contributed by atoms with Crippen LogP contribution in [0.2, 0.25) is 0 Å². The summed E-state index contributed by atoms with van der Waals surface area (Å²) in [5.41, 5.74) is 4.84. The Morgan fingerprint density at radius 1 is 1.16 bits per heavy atom. The Morgan fingerprint density at radius 3 is 2.74 bits per heavy atom. The van der Waals surface area contributed by atoms with Crippen molar-refractivity contribution in [3.8, 4) is 11.1 Å². The zero-order valence-corrected chi connectivity index (χ0v) is 17.6. The van der Waals surface area contributed by atoms with E-state index in [1.165, 1.54) is 0 Å². The molecule has 5 rings (SSSR count). The number of pyridine rings is 2. The van der Waals surface area contributed by atoms with Gasteiger partial charge in [0.05, 0.1) is 11.6 Å². The molecule has 0 radical (unpaired) electrons. The standard InChI is InChI=1S/C23H23N5O3/c1-12-4-5-16(25-23-26-21(31-27-23)14-7-17(29)8-14)10-18(12)19-9-15-11-24-13(2)6-20(15)28(3)22(19)30/h4-6,9-11,14,17,29H,7-8H2,1-3H3,(H,25,27). The summed E-state index contributed by atoms with van der Waals surface area (Å²) >= 11 is 0. The van der Waals surface area contributed by atoms with Crippen molar-refractivity contribution in [2.24, 2.45) is 7.05 Å². The van der Waals surface area contributed by atoms with Crippen molar-refractivity contribution in [1.29, 1.82) is 0 Å². The van der Waals surface area contributed by atoms with Crippen LogP contribution in [0.25, 0.3) is 22.0 Å². The second-order valence-electron chi connectivity index (χ2n) is 8.24. The van der Waals surface area contributed by atoms with Crippen molar-refractivity contribution < 1.29 is 9.63 Å². The molecule has 0 spiro atoms. The number of rotatable bonds is 4. The third kappa shape index (κ3) is 3.48. The average molecular weight is 417 g/mol. The molecule has 158 valence electrons. The van der Waals surface area contributed by atoms with Crippen LogP contribution < -0.4 is 10.9 Å². The van der Waals surface area contributed by atoms with Gasteiger partial charge in [0.25, 0.3) is 11.5 Å². The third-order valence-corrected chi connectivity index (χ3v) is 5.93. The third-order valence-electron chi connectivity index (χ3n) is 5.93. The maximum Gasteiger partial charge on any atom is 0.267 e. The number of nitrogens with one attached hydrogen (secondary N) is 1. The first-order chi connectivity index (χ1) is 14.9. The lowest BCUT2D eigenvalue weighted by Crippen LogP contribution is -2.26. The number of aliphatic hydroxyl groups is 1. The number of aryl methyl sites for hydroxylation is 3.